The number of carbonyl (C=O) groups is 2. The van der Waals surface area contributed by atoms with E-state index in [9.17, 15) is 9.59 Å². The first kappa shape index (κ1) is 17.5. The second-order valence-electron chi connectivity index (χ2n) is 5.73. The van der Waals surface area contributed by atoms with Gasteiger partial charge >= 0.3 is 0 Å². The van der Waals surface area contributed by atoms with Crippen molar-refractivity contribution in [1.82, 2.24) is 10.6 Å². The predicted molar refractivity (Wildman–Crippen MR) is 95.9 cm³/mol. The molecular formula is C19H23N3O2. The van der Waals surface area contributed by atoms with E-state index in [2.05, 4.69) is 16.0 Å². The van der Waals surface area contributed by atoms with Gasteiger partial charge in [-0.25, -0.2) is 0 Å². The lowest BCUT2D eigenvalue weighted by Gasteiger charge is -2.16. The summed E-state index contributed by atoms with van der Waals surface area (Å²) in [4.78, 5) is 23.9. The molecule has 0 radical (unpaired) electrons. The molecule has 5 heteroatoms. The lowest BCUT2D eigenvalue weighted by atomic mass is 10.1. The average molecular weight is 325 g/mol. The smallest absolute Gasteiger partial charge is 0.251 e. The molecule has 0 fully saturated rings. The monoisotopic (exact) mass is 325 g/mol. The summed E-state index contributed by atoms with van der Waals surface area (Å²) in [5, 5.41) is 8.60. The fourth-order valence-corrected chi connectivity index (χ4v) is 2.26. The molecule has 126 valence electrons. The van der Waals surface area contributed by atoms with Gasteiger partial charge in [-0.15, -0.1) is 0 Å². The fourth-order valence-electron chi connectivity index (χ4n) is 2.26. The summed E-state index contributed by atoms with van der Waals surface area (Å²) in [6.07, 6.45) is 0. The van der Waals surface area contributed by atoms with Gasteiger partial charge in [0.05, 0.1) is 0 Å². The highest BCUT2D eigenvalue weighted by Gasteiger charge is 2.13. The normalized spacial score (nSPS) is 11.5. The summed E-state index contributed by atoms with van der Waals surface area (Å²) in [5.41, 5.74) is 3.53. The van der Waals surface area contributed by atoms with E-state index in [-0.39, 0.29) is 11.8 Å². The first-order valence-electron chi connectivity index (χ1n) is 7.91. The van der Waals surface area contributed by atoms with Crippen LogP contribution < -0.4 is 16.0 Å². The molecule has 2 aromatic rings. The Morgan fingerprint density at radius 2 is 1.79 bits per heavy atom. The molecule has 5 nitrogen and oxygen atoms in total. The van der Waals surface area contributed by atoms with Crippen molar-refractivity contribution in [3.63, 3.8) is 0 Å². The molecule has 0 spiro atoms. The predicted octanol–water partition coefficient (Wildman–Crippen LogP) is 2.47. The van der Waals surface area contributed by atoms with Crippen molar-refractivity contribution in [3.05, 3.63) is 65.2 Å². The van der Waals surface area contributed by atoms with Gasteiger partial charge in [0.1, 0.15) is 6.04 Å². The number of carbonyl (C=O) groups excluding carboxylic acids is 2. The van der Waals surface area contributed by atoms with Gasteiger partial charge in [-0.05, 0) is 37.6 Å². The van der Waals surface area contributed by atoms with E-state index >= 15 is 0 Å². The van der Waals surface area contributed by atoms with E-state index in [1.807, 2.05) is 37.3 Å². The van der Waals surface area contributed by atoms with Crippen LogP contribution in [0.3, 0.4) is 0 Å². The van der Waals surface area contributed by atoms with Crippen LogP contribution in [0.25, 0.3) is 0 Å². The Bertz CT molecular complexity index is 711. The average Bonchev–Trinajstić information content (AvgIpc) is 2.60. The molecular weight excluding hydrogens is 302 g/mol. The van der Waals surface area contributed by atoms with Gasteiger partial charge in [0.15, 0.2) is 0 Å². The molecule has 0 aromatic heterocycles. The van der Waals surface area contributed by atoms with Crippen molar-refractivity contribution in [1.29, 1.82) is 0 Å². The molecule has 0 unspecified atom stereocenters. The highest BCUT2D eigenvalue weighted by atomic mass is 16.2. The minimum atomic E-state index is -0.407. The third kappa shape index (κ3) is 4.84. The van der Waals surface area contributed by atoms with Crippen LogP contribution in [-0.2, 0) is 11.3 Å². The number of benzene rings is 2. The van der Waals surface area contributed by atoms with Crippen molar-refractivity contribution < 1.29 is 9.59 Å². The number of hydrogen-bond acceptors (Lipinski definition) is 3. The minimum Gasteiger partial charge on any atom is -0.374 e. The molecule has 0 saturated carbocycles. The van der Waals surface area contributed by atoms with Gasteiger partial charge in [-0.3, -0.25) is 9.59 Å². The molecule has 24 heavy (non-hydrogen) atoms. The van der Waals surface area contributed by atoms with Gasteiger partial charge < -0.3 is 16.0 Å². The standard InChI is InChI=1S/C19H23N3O2/c1-13-7-9-15(10-8-13)12-21-18(23)14(2)22-17-6-4-5-16(11-17)19(24)20-3/h4-11,14,22H,12H2,1-3H3,(H,20,24)(H,21,23)/t14-/m0/s1. The Kier molecular flexibility index (Phi) is 5.95. The second-order valence-corrected chi connectivity index (χ2v) is 5.73. The van der Waals surface area contributed by atoms with Crippen molar-refractivity contribution in [2.24, 2.45) is 0 Å². The molecule has 0 heterocycles. The maximum absolute atomic E-state index is 12.2. The van der Waals surface area contributed by atoms with Gasteiger partial charge in [-0.1, -0.05) is 35.9 Å². The van der Waals surface area contributed by atoms with Crippen molar-refractivity contribution in [2.45, 2.75) is 26.4 Å². The van der Waals surface area contributed by atoms with Crippen LogP contribution in [0.1, 0.15) is 28.4 Å². The van der Waals surface area contributed by atoms with Crippen LogP contribution in [0.4, 0.5) is 5.69 Å². The van der Waals surface area contributed by atoms with Crippen LogP contribution in [0, 0.1) is 6.92 Å². The maximum Gasteiger partial charge on any atom is 0.251 e. The highest BCUT2D eigenvalue weighted by molar-refractivity contribution is 5.95. The summed E-state index contributed by atoms with van der Waals surface area (Å²) in [6.45, 7) is 4.31. The molecule has 2 amide bonds. The third-order valence-corrected chi connectivity index (χ3v) is 3.72. The molecule has 1 atom stereocenters. The second kappa shape index (κ2) is 8.15. The summed E-state index contributed by atoms with van der Waals surface area (Å²) in [5.74, 6) is -0.254. The zero-order chi connectivity index (χ0) is 17.5. The first-order valence-corrected chi connectivity index (χ1v) is 7.91. The number of aryl methyl sites for hydroxylation is 1. The van der Waals surface area contributed by atoms with Crippen LogP contribution in [0.5, 0.6) is 0 Å². The van der Waals surface area contributed by atoms with Gasteiger partial charge in [0, 0.05) is 24.8 Å². The van der Waals surface area contributed by atoms with E-state index in [4.69, 9.17) is 0 Å². The Labute approximate surface area is 142 Å². The summed E-state index contributed by atoms with van der Waals surface area (Å²) in [7, 11) is 1.59. The maximum atomic E-state index is 12.2. The topological polar surface area (TPSA) is 70.2 Å². The fraction of sp³-hybridized carbons (Fsp3) is 0.263. The quantitative estimate of drug-likeness (QED) is 0.764. The Hall–Kier alpha value is -2.82. The van der Waals surface area contributed by atoms with Crippen molar-refractivity contribution in [3.8, 4) is 0 Å². The van der Waals surface area contributed by atoms with E-state index in [1.54, 1.807) is 32.2 Å². The molecule has 0 aliphatic heterocycles. The Balaban J connectivity index is 1.91. The van der Waals surface area contributed by atoms with Gasteiger partial charge in [0.2, 0.25) is 5.91 Å². The van der Waals surface area contributed by atoms with Gasteiger partial charge in [-0.2, -0.15) is 0 Å². The number of hydrogen-bond donors (Lipinski definition) is 3. The van der Waals surface area contributed by atoms with Crippen molar-refractivity contribution in [2.75, 3.05) is 12.4 Å². The largest absolute Gasteiger partial charge is 0.374 e. The van der Waals surface area contributed by atoms with E-state index in [1.165, 1.54) is 5.56 Å². The first-order chi connectivity index (χ1) is 11.5. The lowest BCUT2D eigenvalue weighted by Crippen LogP contribution is -2.37. The molecule has 2 aromatic carbocycles. The van der Waals surface area contributed by atoms with E-state index in [0.29, 0.717) is 12.1 Å². The number of rotatable bonds is 6. The van der Waals surface area contributed by atoms with E-state index < -0.39 is 6.04 Å². The third-order valence-electron chi connectivity index (χ3n) is 3.72. The van der Waals surface area contributed by atoms with E-state index in [0.717, 1.165) is 11.3 Å². The molecule has 0 aliphatic rings. The molecule has 0 saturated heterocycles. The van der Waals surface area contributed by atoms with Crippen LogP contribution in [-0.4, -0.2) is 24.9 Å². The molecule has 0 aliphatic carbocycles. The summed E-state index contributed by atoms with van der Waals surface area (Å²) in [6, 6.07) is 14.7. The SMILES string of the molecule is CNC(=O)c1cccc(N[C@@H](C)C(=O)NCc2ccc(C)cc2)c1. The van der Waals surface area contributed by atoms with Gasteiger partial charge in [0.25, 0.3) is 5.91 Å². The Morgan fingerprint density at radius 1 is 1.08 bits per heavy atom. The van der Waals surface area contributed by atoms with Crippen LogP contribution >= 0.6 is 0 Å². The highest BCUT2D eigenvalue weighted by Crippen LogP contribution is 2.12. The molecule has 3 N–H and O–H groups in total. The Morgan fingerprint density at radius 3 is 2.46 bits per heavy atom. The van der Waals surface area contributed by atoms with Crippen LogP contribution in [0.2, 0.25) is 0 Å². The summed E-state index contributed by atoms with van der Waals surface area (Å²) < 4.78 is 0. The zero-order valence-corrected chi connectivity index (χ0v) is 14.2. The number of amides is 2. The van der Waals surface area contributed by atoms with Crippen molar-refractivity contribution >= 4 is 17.5 Å². The van der Waals surface area contributed by atoms with Crippen LogP contribution in [0.15, 0.2) is 48.5 Å². The zero-order valence-electron chi connectivity index (χ0n) is 14.2. The molecule has 0 bridgehead atoms. The summed E-state index contributed by atoms with van der Waals surface area (Å²) >= 11 is 0. The number of anilines is 1. The number of nitrogens with one attached hydrogen (secondary N) is 3. The minimum absolute atomic E-state index is 0.0964. The lowest BCUT2D eigenvalue weighted by molar-refractivity contribution is -0.121. The molecule has 2 rings (SSSR count).